The number of hydrogen-bond acceptors (Lipinski definition) is 5. The van der Waals surface area contributed by atoms with E-state index in [0.717, 1.165) is 43.2 Å². The zero-order valence-corrected chi connectivity index (χ0v) is 13.6. The fourth-order valence-electron chi connectivity index (χ4n) is 2.95. The number of furan rings is 1. The summed E-state index contributed by atoms with van der Waals surface area (Å²) >= 11 is 1.59. The highest BCUT2D eigenvalue weighted by molar-refractivity contribution is 7.09. The number of piperidine rings is 1. The first-order chi connectivity index (χ1) is 10.7. The van der Waals surface area contributed by atoms with Gasteiger partial charge in [-0.05, 0) is 31.5 Å². The van der Waals surface area contributed by atoms with Gasteiger partial charge in [0, 0.05) is 25.2 Å². The van der Waals surface area contributed by atoms with Crippen LogP contribution < -0.4 is 0 Å². The van der Waals surface area contributed by atoms with Crippen LogP contribution in [0.25, 0.3) is 0 Å². The van der Waals surface area contributed by atoms with Crippen LogP contribution in [-0.4, -0.2) is 40.8 Å². The maximum Gasteiger partial charge on any atom is 0.227 e. The lowest BCUT2D eigenvalue weighted by atomic mass is 9.96. The van der Waals surface area contributed by atoms with Gasteiger partial charge < -0.3 is 9.32 Å². The van der Waals surface area contributed by atoms with Crippen molar-refractivity contribution in [2.24, 2.45) is 5.92 Å². The Hall–Kier alpha value is -1.66. The summed E-state index contributed by atoms with van der Waals surface area (Å²) in [5, 5.41) is 2.93. The molecular formula is C16H21N3O2S. The molecule has 0 N–H and O–H groups in total. The largest absolute Gasteiger partial charge is 0.468 e. The standard InChI is InChI=1S/C16H21N3O2S/c1-18(12-15-17-6-9-22-15)16(20)13-4-2-7-19(10-13)11-14-5-3-8-21-14/h3,5-6,8-9,13H,2,4,7,10-12H2,1H3. The fourth-order valence-corrected chi connectivity index (χ4v) is 3.62. The molecule has 0 aliphatic carbocycles. The molecule has 1 fully saturated rings. The Labute approximate surface area is 134 Å². The molecule has 22 heavy (non-hydrogen) atoms. The van der Waals surface area contributed by atoms with Crippen molar-refractivity contribution in [2.75, 3.05) is 20.1 Å². The van der Waals surface area contributed by atoms with E-state index in [0.29, 0.717) is 6.54 Å². The first-order valence-corrected chi connectivity index (χ1v) is 8.48. The van der Waals surface area contributed by atoms with Crippen molar-refractivity contribution < 1.29 is 9.21 Å². The lowest BCUT2D eigenvalue weighted by Gasteiger charge is -2.33. The number of carbonyl (C=O) groups excluding carboxylic acids is 1. The van der Waals surface area contributed by atoms with E-state index in [9.17, 15) is 4.79 Å². The van der Waals surface area contributed by atoms with Gasteiger partial charge in [-0.15, -0.1) is 11.3 Å². The minimum Gasteiger partial charge on any atom is -0.468 e. The van der Waals surface area contributed by atoms with E-state index in [2.05, 4.69) is 9.88 Å². The van der Waals surface area contributed by atoms with E-state index in [4.69, 9.17) is 4.42 Å². The van der Waals surface area contributed by atoms with Crippen molar-refractivity contribution >= 4 is 17.2 Å². The molecule has 1 unspecified atom stereocenters. The second-order valence-corrected chi connectivity index (χ2v) is 6.75. The highest BCUT2D eigenvalue weighted by Crippen LogP contribution is 2.21. The number of thiazole rings is 1. The zero-order valence-electron chi connectivity index (χ0n) is 12.8. The zero-order chi connectivity index (χ0) is 15.4. The highest BCUT2D eigenvalue weighted by atomic mass is 32.1. The summed E-state index contributed by atoms with van der Waals surface area (Å²) in [6, 6.07) is 3.89. The maximum atomic E-state index is 12.6. The first-order valence-electron chi connectivity index (χ1n) is 7.60. The Morgan fingerprint density at radius 3 is 3.23 bits per heavy atom. The topological polar surface area (TPSA) is 49.6 Å². The average molecular weight is 319 g/mol. The molecule has 3 rings (SSSR count). The maximum absolute atomic E-state index is 12.6. The van der Waals surface area contributed by atoms with Crippen LogP contribution in [0.2, 0.25) is 0 Å². The molecule has 3 heterocycles. The Balaban J connectivity index is 1.55. The van der Waals surface area contributed by atoms with E-state index < -0.39 is 0 Å². The van der Waals surface area contributed by atoms with Crippen molar-refractivity contribution in [2.45, 2.75) is 25.9 Å². The van der Waals surface area contributed by atoms with E-state index in [1.807, 2.05) is 24.6 Å². The molecule has 0 radical (unpaired) electrons. The van der Waals surface area contributed by atoms with Crippen molar-refractivity contribution in [3.8, 4) is 0 Å². The minimum atomic E-state index is 0.0775. The third-order valence-electron chi connectivity index (χ3n) is 4.05. The van der Waals surface area contributed by atoms with Gasteiger partial charge in [0.25, 0.3) is 0 Å². The molecule has 6 heteroatoms. The molecule has 0 bridgehead atoms. The van der Waals surface area contributed by atoms with Crippen molar-refractivity contribution in [1.82, 2.24) is 14.8 Å². The minimum absolute atomic E-state index is 0.0775. The predicted molar refractivity (Wildman–Crippen MR) is 85.3 cm³/mol. The Morgan fingerprint density at radius 1 is 1.59 bits per heavy atom. The summed E-state index contributed by atoms with van der Waals surface area (Å²) in [6.07, 6.45) is 5.51. The SMILES string of the molecule is CN(Cc1nccs1)C(=O)C1CCCN(Cc2ccco2)C1. The molecule has 1 saturated heterocycles. The molecule has 0 spiro atoms. The monoisotopic (exact) mass is 319 g/mol. The van der Waals surface area contributed by atoms with Crippen LogP contribution in [0.15, 0.2) is 34.4 Å². The van der Waals surface area contributed by atoms with E-state index in [-0.39, 0.29) is 11.8 Å². The Kier molecular flexibility index (Phi) is 4.90. The molecule has 1 aliphatic heterocycles. The van der Waals surface area contributed by atoms with Crippen molar-refractivity contribution in [3.05, 3.63) is 40.7 Å². The van der Waals surface area contributed by atoms with Gasteiger partial charge in [0.1, 0.15) is 10.8 Å². The quantitative estimate of drug-likeness (QED) is 0.850. The Bertz CT molecular complexity index is 583. The summed E-state index contributed by atoms with van der Waals surface area (Å²) < 4.78 is 5.41. The highest BCUT2D eigenvalue weighted by Gasteiger charge is 2.28. The number of carbonyl (C=O) groups is 1. The average Bonchev–Trinajstić information content (AvgIpc) is 3.20. The second-order valence-electron chi connectivity index (χ2n) is 5.77. The molecule has 118 valence electrons. The van der Waals surface area contributed by atoms with Crippen LogP contribution in [0, 0.1) is 5.92 Å². The summed E-state index contributed by atoms with van der Waals surface area (Å²) in [5.74, 6) is 1.26. The van der Waals surface area contributed by atoms with Crippen LogP contribution >= 0.6 is 11.3 Å². The van der Waals surface area contributed by atoms with Crippen LogP contribution in [0.5, 0.6) is 0 Å². The molecule has 2 aromatic rings. The molecule has 1 atom stereocenters. The van der Waals surface area contributed by atoms with Gasteiger partial charge in [-0.3, -0.25) is 9.69 Å². The Morgan fingerprint density at radius 2 is 2.50 bits per heavy atom. The van der Waals surface area contributed by atoms with Crippen LogP contribution in [0.1, 0.15) is 23.6 Å². The number of hydrogen-bond donors (Lipinski definition) is 0. The van der Waals surface area contributed by atoms with Gasteiger partial charge in [0.15, 0.2) is 0 Å². The number of amides is 1. The summed E-state index contributed by atoms with van der Waals surface area (Å²) in [4.78, 5) is 21.0. The number of nitrogens with zero attached hydrogens (tertiary/aromatic N) is 3. The number of likely N-dealkylation sites (tertiary alicyclic amines) is 1. The smallest absolute Gasteiger partial charge is 0.227 e. The van der Waals surface area contributed by atoms with Crippen LogP contribution in [0.3, 0.4) is 0 Å². The van der Waals surface area contributed by atoms with Crippen molar-refractivity contribution in [1.29, 1.82) is 0 Å². The number of rotatable bonds is 5. The van der Waals surface area contributed by atoms with Gasteiger partial charge in [-0.2, -0.15) is 0 Å². The van der Waals surface area contributed by atoms with Gasteiger partial charge in [-0.1, -0.05) is 0 Å². The molecule has 2 aromatic heterocycles. The van der Waals surface area contributed by atoms with Gasteiger partial charge >= 0.3 is 0 Å². The van der Waals surface area contributed by atoms with E-state index in [1.54, 1.807) is 28.7 Å². The summed E-state index contributed by atoms with van der Waals surface area (Å²) in [7, 11) is 1.87. The number of aromatic nitrogens is 1. The van der Waals surface area contributed by atoms with Gasteiger partial charge in [-0.25, -0.2) is 4.98 Å². The first kappa shape index (κ1) is 15.2. The molecule has 1 aliphatic rings. The predicted octanol–water partition coefficient (Wildman–Crippen LogP) is 2.61. The molecule has 1 amide bonds. The third-order valence-corrected chi connectivity index (χ3v) is 4.81. The summed E-state index contributed by atoms with van der Waals surface area (Å²) in [6.45, 7) is 3.22. The lowest BCUT2D eigenvalue weighted by molar-refractivity contribution is -0.136. The molecule has 0 aromatic carbocycles. The van der Waals surface area contributed by atoms with Crippen molar-refractivity contribution in [3.63, 3.8) is 0 Å². The van der Waals surface area contributed by atoms with Gasteiger partial charge in [0.2, 0.25) is 5.91 Å². The molecule has 5 nitrogen and oxygen atoms in total. The second kappa shape index (κ2) is 7.07. The molecular weight excluding hydrogens is 298 g/mol. The summed E-state index contributed by atoms with van der Waals surface area (Å²) in [5.41, 5.74) is 0. The van der Waals surface area contributed by atoms with E-state index in [1.165, 1.54) is 0 Å². The third kappa shape index (κ3) is 3.75. The van der Waals surface area contributed by atoms with E-state index >= 15 is 0 Å². The van der Waals surface area contributed by atoms with Gasteiger partial charge in [0.05, 0.1) is 25.3 Å². The normalized spacial score (nSPS) is 19.2. The fraction of sp³-hybridized carbons (Fsp3) is 0.500. The molecule has 0 saturated carbocycles. The van der Waals surface area contributed by atoms with Crippen LogP contribution in [0.4, 0.5) is 0 Å². The van der Waals surface area contributed by atoms with Crippen LogP contribution in [-0.2, 0) is 17.9 Å². The lowest BCUT2D eigenvalue weighted by Crippen LogP contribution is -2.43.